The van der Waals surface area contributed by atoms with E-state index in [2.05, 4.69) is 58.1 Å². The summed E-state index contributed by atoms with van der Waals surface area (Å²) in [5.41, 5.74) is 1.22. The van der Waals surface area contributed by atoms with E-state index < -0.39 is 5.97 Å². The number of rotatable bonds is 5. The molecule has 1 saturated heterocycles. The summed E-state index contributed by atoms with van der Waals surface area (Å²) < 4.78 is 1.06. The molecule has 0 spiro atoms. The smallest absolute Gasteiger partial charge is 0.307 e. The molecule has 0 amide bonds. The Morgan fingerprint density at radius 1 is 1.42 bits per heavy atom. The van der Waals surface area contributed by atoms with Gasteiger partial charge < -0.3 is 5.11 Å². The molecule has 2 atom stereocenters. The third-order valence-corrected chi connectivity index (χ3v) is 6.41. The lowest BCUT2D eigenvalue weighted by molar-refractivity contribution is -0.143. The summed E-state index contributed by atoms with van der Waals surface area (Å²) in [6.07, 6.45) is 2.75. The van der Waals surface area contributed by atoms with E-state index in [1.54, 1.807) is 0 Å². The second-order valence-electron chi connectivity index (χ2n) is 6.29. The third kappa shape index (κ3) is 3.90. The normalized spacial score (nSPS) is 20.0. The van der Waals surface area contributed by atoms with Gasteiger partial charge in [-0.15, -0.1) is 11.3 Å². The molecule has 0 saturated carbocycles. The zero-order valence-electron chi connectivity index (χ0n) is 13.7. The average molecular weight is 408 g/mol. The molecule has 3 rings (SSSR count). The maximum Gasteiger partial charge on any atom is 0.307 e. The summed E-state index contributed by atoms with van der Waals surface area (Å²) in [5, 5.41) is 9.43. The molecule has 2 heterocycles. The van der Waals surface area contributed by atoms with E-state index in [1.165, 1.54) is 15.3 Å². The molecule has 1 aliphatic heterocycles. The number of piperidine rings is 1. The molecule has 128 valence electrons. The van der Waals surface area contributed by atoms with Gasteiger partial charge in [0.25, 0.3) is 0 Å². The largest absolute Gasteiger partial charge is 0.481 e. The van der Waals surface area contributed by atoms with Crippen molar-refractivity contribution in [2.24, 2.45) is 5.92 Å². The van der Waals surface area contributed by atoms with Crippen LogP contribution in [-0.4, -0.2) is 29.1 Å². The fraction of sp³-hybridized carbons (Fsp3) is 0.421. The molecule has 1 fully saturated rings. The van der Waals surface area contributed by atoms with Crippen molar-refractivity contribution in [3.63, 3.8) is 0 Å². The van der Waals surface area contributed by atoms with Crippen LogP contribution in [0.15, 0.2) is 40.9 Å². The number of benzene rings is 1. The molecule has 1 aromatic carbocycles. The number of carboxylic acids is 1. The van der Waals surface area contributed by atoms with Crippen molar-refractivity contribution in [1.29, 1.82) is 0 Å². The Kier molecular flexibility index (Phi) is 5.74. The molecule has 0 bridgehead atoms. The van der Waals surface area contributed by atoms with Gasteiger partial charge in [0, 0.05) is 20.8 Å². The first-order valence-corrected chi connectivity index (χ1v) is 10.0. The van der Waals surface area contributed by atoms with Crippen LogP contribution in [0, 0.1) is 5.92 Å². The molecular formula is C19H22BrNO2S. The lowest BCUT2D eigenvalue weighted by Crippen LogP contribution is -2.41. The van der Waals surface area contributed by atoms with Crippen LogP contribution in [0.2, 0.25) is 0 Å². The highest BCUT2D eigenvalue weighted by atomic mass is 79.9. The van der Waals surface area contributed by atoms with Crippen LogP contribution in [0.3, 0.4) is 0 Å². The zero-order valence-corrected chi connectivity index (χ0v) is 16.1. The van der Waals surface area contributed by atoms with Gasteiger partial charge in [0.2, 0.25) is 0 Å². The molecule has 0 radical (unpaired) electrons. The van der Waals surface area contributed by atoms with Crippen molar-refractivity contribution < 1.29 is 9.90 Å². The van der Waals surface area contributed by atoms with Gasteiger partial charge in [-0.25, -0.2) is 0 Å². The first kappa shape index (κ1) is 17.6. The summed E-state index contributed by atoms with van der Waals surface area (Å²) in [6, 6.07) is 12.9. The molecule has 24 heavy (non-hydrogen) atoms. The highest BCUT2D eigenvalue weighted by Gasteiger charge is 2.32. The van der Waals surface area contributed by atoms with Gasteiger partial charge in [-0.3, -0.25) is 9.69 Å². The van der Waals surface area contributed by atoms with E-state index in [1.807, 2.05) is 17.4 Å². The Balaban J connectivity index is 1.96. The van der Waals surface area contributed by atoms with E-state index in [4.69, 9.17) is 0 Å². The van der Waals surface area contributed by atoms with Gasteiger partial charge in [0.05, 0.1) is 12.0 Å². The maximum atomic E-state index is 11.5. The average Bonchev–Trinajstić information content (AvgIpc) is 3.04. The van der Waals surface area contributed by atoms with Crippen LogP contribution >= 0.6 is 27.3 Å². The summed E-state index contributed by atoms with van der Waals surface area (Å²) in [6.45, 7) is 3.73. The summed E-state index contributed by atoms with van der Waals surface area (Å²) in [7, 11) is 0. The number of aryl methyl sites for hydroxylation is 1. The molecule has 1 aromatic heterocycles. The van der Waals surface area contributed by atoms with E-state index in [9.17, 15) is 9.90 Å². The highest BCUT2D eigenvalue weighted by molar-refractivity contribution is 9.10. The Bertz CT molecular complexity index is 715. The van der Waals surface area contributed by atoms with E-state index in [-0.39, 0.29) is 12.0 Å². The number of hydrogen-bond acceptors (Lipinski definition) is 3. The number of likely N-dealkylation sites (tertiary alicyclic amines) is 1. The summed E-state index contributed by atoms with van der Waals surface area (Å²) >= 11 is 5.41. The van der Waals surface area contributed by atoms with Crippen LogP contribution in [0.5, 0.6) is 0 Å². The minimum atomic E-state index is -0.673. The van der Waals surface area contributed by atoms with Gasteiger partial charge in [0.15, 0.2) is 0 Å². The SMILES string of the molecule is CCc1ccc(C(c2cccc(Br)c2)N2CCCC(C(=O)O)C2)s1. The quantitative estimate of drug-likeness (QED) is 0.761. The van der Waals surface area contributed by atoms with Crippen molar-refractivity contribution in [2.45, 2.75) is 32.2 Å². The predicted molar refractivity (Wildman–Crippen MR) is 102 cm³/mol. The minimum Gasteiger partial charge on any atom is -0.481 e. The van der Waals surface area contributed by atoms with Gasteiger partial charge in [0.1, 0.15) is 0 Å². The van der Waals surface area contributed by atoms with Crippen molar-refractivity contribution in [3.05, 3.63) is 56.2 Å². The predicted octanol–water partition coefficient (Wildman–Crippen LogP) is 4.96. The summed E-state index contributed by atoms with van der Waals surface area (Å²) in [4.78, 5) is 16.5. The van der Waals surface area contributed by atoms with Crippen LogP contribution in [0.25, 0.3) is 0 Å². The fourth-order valence-corrected chi connectivity index (χ4v) is 4.94. The van der Waals surface area contributed by atoms with Crippen LogP contribution < -0.4 is 0 Å². The first-order valence-electron chi connectivity index (χ1n) is 8.39. The Morgan fingerprint density at radius 3 is 2.92 bits per heavy atom. The molecule has 5 heteroatoms. The van der Waals surface area contributed by atoms with Crippen molar-refractivity contribution in [1.82, 2.24) is 4.90 Å². The van der Waals surface area contributed by atoms with Gasteiger partial charge in [-0.2, -0.15) is 0 Å². The van der Waals surface area contributed by atoms with E-state index in [0.29, 0.717) is 6.54 Å². The van der Waals surface area contributed by atoms with Gasteiger partial charge in [-0.05, 0) is 55.6 Å². The van der Waals surface area contributed by atoms with Crippen LogP contribution in [0.4, 0.5) is 0 Å². The molecule has 3 nitrogen and oxygen atoms in total. The number of nitrogens with zero attached hydrogens (tertiary/aromatic N) is 1. The summed E-state index contributed by atoms with van der Waals surface area (Å²) in [5.74, 6) is -0.938. The van der Waals surface area contributed by atoms with E-state index >= 15 is 0 Å². The minimum absolute atomic E-state index is 0.134. The number of carboxylic acid groups (broad SMARTS) is 1. The van der Waals surface area contributed by atoms with Gasteiger partial charge in [-0.1, -0.05) is 35.0 Å². The Labute approximate surface area is 155 Å². The van der Waals surface area contributed by atoms with Crippen molar-refractivity contribution in [2.75, 3.05) is 13.1 Å². The first-order chi connectivity index (χ1) is 11.6. The molecule has 2 unspecified atom stereocenters. The topological polar surface area (TPSA) is 40.5 Å². The standard InChI is InChI=1S/C19H22BrNO2S/c1-2-16-8-9-17(24-16)18(13-5-3-7-15(20)11-13)21-10-4-6-14(12-21)19(22)23/h3,5,7-9,11,14,18H,2,4,6,10,12H2,1H3,(H,22,23). The van der Waals surface area contributed by atoms with Crippen molar-refractivity contribution >= 4 is 33.2 Å². The number of halogens is 1. The number of hydrogen-bond donors (Lipinski definition) is 1. The number of thiophene rings is 1. The van der Waals surface area contributed by atoms with Crippen LogP contribution in [-0.2, 0) is 11.2 Å². The second kappa shape index (κ2) is 7.81. The maximum absolute atomic E-state index is 11.5. The molecule has 1 N–H and O–H groups in total. The third-order valence-electron chi connectivity index (χ3n) is 4.63. The molecule has 1 aliphatic rings. The monoisotopic (exact) mass is 407 g/mol. The van der Waals surface area contributed by atoms with Crippen LogP contribution in [0.1, 0.15) is 41.1 Å². The van der Waals surface area contributed by atoms with Crippen molar-refractivity contribution in [3.8, 4) is 0 Å². The molecular weight excluding hydrogens is 386 g/mol. The van der Waals surface area contributed by atoms with Gasteiger partial charge >= 0.3 is 5.97 Å². The second-order valence-corrected chi connectivity index (χ2v) is 8.40. The Morgan fingerprint density at radius 2 is 2.25 bits per heavy atom. The number of aliphatic carboxylic acids is 1. The highest BCUT2D eigenvalue weighted by Crippen LogP contribution is 2.37. The molecule has 2 aromatic rings. The molecule has 0 aliphatic carbocycles. The van der Waals surface area contributed by atoms with E-state index in [0.717, 1.165) is 30.3 Å². The Hall–Kier alpha value is -1.17. The number of carbonyl (C=O) groups is 1. The zero-order chi connectivity index (χ0) is 17.1. The lowest BCUT2D eigenvalue weighted by atomic mass is 9.94. The lowest BCUT2D eigenvalue weighted by Gasteiger charge is -2.37. The fourth-order valence-electron chi connectivity index (χ4n) is 3.41.